The molecule has 0 radical (unpaired) electrons. The Labute approximate surface area is 180 Å². The zero-order valence-corrected chi connectivity index (χ0v) is 18.6. The molecule has 1 aliphatic heterocycles. The smallest absolute Gasteiger partial charge is 0.322 e. The van der Waals surface area contributed by atoms with Crippen LogP contribution in [0.15, 0.2) is 42.5 Å². The highest BCUT2D eigenvalue weighted by atomic mass is 16.2. The number of urea groups is 1. The van der Waals surface area contributed by atoms with E-state index >= 15 is 0 Å². The molecular formula is C25H33N3O2. The fraction of sp³-hybridized carbons (Fsp3) is 0.440. The molecule has 30 heavy (non-hydrogen) atoms. The third kappa shape index (κ3) is 5.21. The molecule has 0 aromatic heterocycles. The molecule has 2 aromatic carbocycles. The van der Waals surface area contributed by atoms with Crippen molar-refractivity contribution in [1.29, 1.82) is 0 Å². The monoisotopic (exact) mass is 407 g/mol. The predicted molar refractivity (Wildman–Crippen MR) is 122 cm³/mol. The second-order valence-corrected chi connectivity index (χ2v) is 8.38. The minimum absolute atomic E-state index is 0.0811. The number of anilines is 1. The van der Waals surface area contributed by atoms with Crippen molar-refractivity contribution < 1.29 is 9.59 Å². The molecule has 1 saturated heterocycles. The van der Waals surface area contributed by atoms with Crippen LogP contribution >= 0.6 is 0 Å². The molecule has 1 heterocycles. The van der Waals surface area contributed by atoms with Crippen molar-refractivity contribution >= 4 is 17.6 Å². The van der Waals surface area contributed by atoms with Gasteiger partial charge in [-0.3, -0.25) is 4.79 Å². The van der Waals surface area contributed by atoms with Gasteiger partial charge in [0.25, 0.3) is 5.91 Å². The summed E-state index contributed by atoms with van der Waals surface area (Å²) in [5, 5.41) is 3.01. The van der Waals surface area contributed by atoms with Gasteiger partial charge in [-0.1, -0.05) is 31.2 Å². The largest absolute Gasteiger partial charge is 0.339 e. The van der Waals surface area contributed by atoms with Crippen molar-refractivity contribution in [1.82, 2.24) is 9.80 Å². The molecule has 0 spiro atoms. The predicted octanol–water partition coefficient (Wildman–Crippen LogP) is 5.23. The lowest BCUT2D eigenvalue weighted by Gasteiger charge is -2.30. The van der Waals surface area contributed by atoms with E-state index in [2.05, 4.69) is 31.3 Å². The summed E-state index contributed by atoms with van der Waals surface area (Å²) in [7, 11) is 0. The summed E-state index contributed by atoms with van der Waals surface area (Å²) in [5.74, 6) is 0.771. The van der Waals surface area contributed by atoms with Crippen LogP contribution in [-0.4, -0.2) is 41.4 Å². The van der Waals surface area contributed by atoms with Gasteiger partial charge in [0, 0.05) is 37.4 Å². The highest BCUT2D eigenvalue weighted by Crippen LogP contribution is 2.22. The molecule has 1 fully saturated rings. The second-order valence-electron chi connectivity index (χ2n) is 8.38. The van der Waals surface area contributed by atoms with Crippen LogP contribution in [0.3, 0.4) is 0 Å². The van der Waals surface area contributed by atoms with Crippen LogP contribution in [0.1, 0.15) is 53.7 Å². The van der Waals surface area contributed by atoms with Crippen LogP contribution in [0.5, 0.6) is 0 Å². The zero-order valence-electron chi connectivity index (χ0n) is 18.6. The number of nitrogens with one attached hydrogen (secondary N) is 1. The van der Waals surface area contributed by atoms with Gasteiger partial charge < -0.3 is 15.1 Å². The number of amides is 3. The Morgan fingerprint density at radius 2 is 1.77 bits per heavy atom. The quantitative estimate of drug-likeness (QED) is 0.738. The number of rotatable bonds is 5. The molecule has 0 atom stereocenters. The van der Waals surface area contributed by atoms with Gasteiger partial charge in [-0.25, -0.2) is 4.79 Å². The fourth-order valence-electron chi connectivity index (χ4n) is 3.85. The zero-order chi connectivity index (χ0) is 21.7. The van der Waals surface area contributed by atoms with Gasteiger partial charge in [0.1, 0.15) is 0 Å². The highest BCUT2D eigenvalue weighted by Gasteiger charge is 2.22. The molecule has 5 nitrogen and oxygen atoms in total. The van der Waals surface area contributed by atoms with Crippen LogP contribution < -0.4 is 5.32 Å². The highest BCUT2D eigenvalue weighted by molar-refractivity contribution is 5.96. The molecule has 0 unspecified atom stereocenters. The first-order valence-electron chi connectivity index (χ1n) is 10.9. The van der Waals surface area contributed by atoms with E-state index in [0.717, 1.165) is 42.7 Å². The van der Waals surface area contributed by atoms with E-state index < -0.39 is 0 Å². The number of piperidine rings is 1. The normalized spacial score (nSPS) is 14.5. The summed E-state index contributed by atoms with van der Waals surface area (Å²) >= 11 is 0. The first-order chi connectivity index (χ1) is 14.4. The number of nitrogens with zero attached hydrogens (tertiary/aromatic N) is 2. The Balaban J connectivity index is 1.66. The molecule has 2 aromatic rings. The Morgan fingerprint density at radius 1 is 1.07 bits per heavy atom. The van der Waals surface area contributed by atoms with Crippen molar-refractivity contribution in [3.05, 3.63) is 64.7 Å². The minimum atomic E-state index is -0.132. The Morgan fingerprint density at radius 3 is 2.40 bits per heavy atom. The van der Waals surface area contributed by atoms with Crippen molar-refractivity contribution in [2.24, 2.45) is 5.92 Å². The minimum Gasteiger partial charge on any atom is -0.339 e. The third-order valence-corrected chi connectivity index (χ3v) is 6.08. The maximum atomic E-state index is 12.8. The molecule has 3 amide bonds. The average Bonchev–Trinajstić information content (AvgIpc) is 2.74. The third-order valence-electron chi connectivity index (χ3n) is 6.08. The lowest BCUT2D eigenvalue weighted by atomic mass is 9.98. The van der Waals surface area contributed by atoms with Gasteiger partial charge in [-0.15, -0.1) is 0 Å². The van der Waals surface area contributed by atoms with Crippen molar-refractivity contribution in [2.45, 2.75) is 47.1 Å². The van der Waals surface area contributed by atoms with E-state index in [9.17, 15) is 9.59 Å². The Hall–Kier alpha value is -2.82. The Kier molecular flexibility index (Phi) is 7.14. The fourth-order valence-corrected chi connectivity index (χ4v) is 3.85. The van der Waals surface area contributed by atoms with Crippen LogP contribution in [0.2, 0.25) is 0 Å². The number of carbonyl (C=O) groups excluding carboxylic acids is 2. The first kappa shape index (κ1) is 21.9. The average molecular weight is 408 g/mol. The second kappa shape index (κ2) is 9.79. The molecule has 160 valence electrons. The summed E-state index contributed by atoms with van der Waals surface area (Å²) in [6, 6.07) is 13.5. The van der Waals surface area contributed by atoms with Gasteiger partial charge in [0.2, 0.25) is 0 Å². The number of carbonyl (C=O) groups is 2. The summed E-state index contributed by atoms with van der Waals surface area (Å²) in [6.45, 7) is 11.0. The lowest BCUT2D eigenvalue weighted by Crippen LogP contribution is -2.38. The van der Waals surface area contributed by atoms with E-state index in [1.165, 1.54) is 5.56 Å². The maximum absolute atomic E-state index is 12.8. The van der Waals surface area contributed by atoms with Gasteiger partial charge in [-0.05, 0) is 74.4 Å². The summed E-state index contributed by atoms with van der Waals surface area (Å²) < 4.78 is 0. The van der Waals surface area contributed by atoms with Gasteiger partial charge in [0.05, 0.1) is 0 Å². The molecule has 3 rings (SSSR count). The van der Waals surface area contributed by atoms with Gasteiger partial charge in [-0.2, -0.15) is 0 Å². The molecule has 5 heteroatoms. The van der Waals surface area contributed by atoms with E-state index in [1.807, 2.05) is 49.1 Å². The molecule has 1 aliphatic rings. The first-order valence-corrected chi connectivity index (χ1v) is 10.9. The van der Waals surface area contributed by atoms with E-state index in [1.54, 1.807) is 4.90 Å². The van der Waals surface area contributed by atoms with Crippen molar-refractivity contribution in [2.75, 3.05) is 25.0 Å². The van der Waals surface area contributed by atoms with Gasteiger partial charge in [0.15, 0.2) is 0 Å². The Bertz CT molecular complexity index is 901. The van der Waals surface area contributed by atoms with Crippen LogP contribution in [-0.2, 0) is 6.54 Å². The van der Waals surface area contributed by atoms with E-state index in [4.69, 9.17) is 0 Å². The van der Waals surface area contributed by atoms with E-state index in [-0.39, 0.29) is 11.9 Å². The topological polar surface area (TPSA) is 52.7 Å². The molecule has 0 saturated carbocycles. The summed E-state index contributed by atoms with van der Waals surface area (Å²) in [5.41, 5.74) is 4.64. The van der Waals surface area contributed by atoms with Crippen LogP contribution in [0, 0.1) is 19.8 Å². The number of aryl methyl sites for hydroxylation is 2. The number of hydrogen-bond acceptors (Lipinski definition) is 2. The molecule has 1 N–H and O–H groups in total. The van der Waals surface area contributed by atoms with Crippen LogP contribution in [0.25, 0.3) is 0 Å². The molecular weight excluding hydrogens is 374 g/mol. The van der Waals surface area contributed by atoms with Crippen LogP contribution in [0.4, 0.5) is 10.5 Å². The summed E-state index contributed by atoms with van der Waals surface area (Å²) in [6.07, 6.45) is 2.12. The number of benzene rings is 2. The number of likely N-dealkylation sites (tertiary alicyclic amines) is 1. The maximum Gasteiger partial charge on any atom is 0.322 e. The van der Waals surface area contributed by atoms with Crippen molar-refractivity contribution in [3.63, 3.8) is 0 Å². The van der Waals surface area contributed by atoms with Gasteiger partial charge >= 0.3 is 6.03 Å². The lowest BCUT2D eigenvalue weighted by molar-refractivity contribution is 0.0697. The van der Waals surface area contributed by atoms with E-state index in [0.29, 0.717) is 24.6 Å². The molecule has 0 bridgehead atoms. The standard InChI is InChI=1S/C25H33N3O2/c1-5-27(17-22-9-7-6-8-19(22)3)25(30)26-23-11-10-21(16-20(23)4)24(29)28-14-12-18(2)13-15-28/h6-11,16,18H,5,12-15,17H2,1-4H3,(H,26,30). The summed E-state index contributed by atoms with van der Waals surface area (Å²) in [4.78, 5) is 29.4. The number of hydrogen-bond donors (Lipinski definition) is 1. The molecule has 0 aliphatic carbocycles. The SMILES string of the molecule is CCN(Cc1ccccc1C)C(=O)Nc1ccc(C(=O)N2CCC(C)CC2)cc1C. The van der Waals surface area contributed by atoms with Crippen molar-refractivity contribution in [3.8, 4) is 0 Å².